The molecular weight excluding hydrogens is 554 g/mol. The molecule has 0 aliphatic carbocycles. The van der Waals surface area contributed by atoms with Crippen LogP contribution in [-0.2, 0) is 11.8 Å². The first kappa shape index (κ1) is 30.0. The fourth-order valence-electron chi connectivity index (χ4n) is 5.53. The van der Waals surface area contributed by atoms with Crippen LogP contribution in [0.1, 0.15) is 54.3 Å². The number of pyridine rings is 1. The predicted octanol–water partition coefficient (Wildman–Crippen LogP) is 4.30. The first-order valence-corrected chi connectivity index (χ1v) is 14.5. The lowest BCUT2D eigenvalue weighted by Crippen LogP contribution is -2.36. The normalized spacial score (nSPS) is 14.3. The molecule has 0 saturated carbocycles. The van der Waals surface area contributed by atoms with Crippen LogP contribution in [0.3, 0.4) is 0 Å². The number of fused-ring (bicyclic) bond motifs is 1. The number of hydrogen-bond acceptors (Lipinski definition) is 6. The highest BCUT2D eigenvalue weighted by atomic mass is 16.2. The topological polar surface area (TPSA) is 128 Å². The Bertz CT molecular complexity index is 1890. The number of nitrogens with one attached hydrogen (secondary N) is 1. The van der Waals surface area contributed by atoms with Crippen molar-refractivity contribution < 1.29 is 9.59 Å². The van der Waals surface area contributed by atoms with Crippen molar-refractivity contribution in [3.05, 3.63) is 94.4 Å². The van der Waals surface area contributed by atoms with E-state index in [-0.39, 0.29) is 28.8 Å². The van der Waals surface area contributed by atoms with E-state index in [1.807, 2.05) is 66.4 Å². The fraction of sp³-hybridized carbons (Fsp3) is 0.265. The van der Waals surface area contributed by atoms with E-state index in [1.54, 1.807) is 18.5 Å². The highest BCUT2D eigenvalue weighted by Gasteiger charge is 2.25. The summed E-state index contributed by atoms with van der Waals surface area (Å²) in [7, 11) is 1.65. The highest BCUT2D eigenvalue weighted by Crippen LogP contribution is 2.27. The zero-order valence-electron chi connectivity index (χ0n) is 25.1. The molecule has 10 nitrogen and oxygen atoms in total. The monoisotopic (exact) mass is 589 g/mol. The molecule has 5 rings (SSSR count). The Hall–Kier alpha value is -5.43. The number of nitrogen functional groups attached to an aromatic ring is 1. The van der Waals surface area contributed by atoms with Crippen molar-refractivity contribution in [3.8, 4) is 17.5 Å². The molecule has 224 valence electrons. The van der Waals surface area contributed by atoms with Crippen molar-refractivity contribution in [1.29, 1.82) is 0 Å². The van der Waals surface area contributed by atoms with Gasteiger partial charge in [0.15, 0.2) is 11.6 Å². The summed E-state index contributed by atoms with van der Waals surface area (Å²) in [6.45, 7) is 8.40. The number of nitrogens with two attached hydrogens (primary N) is 1. The average Bonchev–Trinajstić information content (AvgIpc) is 3.31. The summed E-state index contributed by atoms with van der Waals surface area (Å²) in [6.07, 6.45) is 4.56. The van der Waals surface area contributed by atoms with Gasteiger partial charge in [-0.3, -0.25) is 19.0 Å². The number of rotatable bonds is 6. The number of piperidine rings is 1. The summed E-state index contributed by atoms with van der Waals surface area (Å²) < 4.78 is 3.05. The number of likely N-dealkylation sites (tertiary alicyclic amines) is 1. The van der Waals surface area contributed by atoms with Gasteiger partial charge in [-0.05, 0) is 49.4 Å². The van der Waals surface area contributed by atoms with Crippen molar-refractivity contribution in [3.63, 3.8) is 0 Å². The van der Waals surface area contributed by atoms with Gasteiger partial charge in [0.2, 0.25) is 5.91 Å². The molecule has 1 fully saturated rings. The number of para-hydroxylation sites is 1. The third-order valence-corrected chi connectivity index (χ3v) is 7.81. The molecule has 44 heavy (non-hydrogen) atoms. The van der Waals surface area contributed by atoms with E-state index in [2.05, 4.69) is 33.8 Å². The Morgan fingerprint density at radius 1 is 1.16 bits per heavy atom. The molecule has 2 aromatic carbocycles. The number of carbonyl (C=O) groups is 2. The van der Waals surface area contributed by atoms with E-state index in [9.17, 15) is 14.4 Å². The van der Waals surface area contributed by atoms with Crippen molar-refractivity contribution in [1.82, 2.24) is 24.6 Å². The lowest BCUT2D eigenvalue weighted by atomic mass is 9.96. The quantitative estimate of drug-likeness (QED) is 0.256. The van der Waals surface area contributed by atoms with Gasteiger partial charge in [-0.15, -0.1) is 0 Å². The van der Waals surface area contributed by atoms with Crippen LogP contribution < -0.4 is 16.6 Å². The Morgan fingerprint density at radius 3 is 2.57 bits per heavy atom. The Labute approximate surface area is 255 Å². The van der Waals surface area contributed by atoms with Gasteiger partial charge in [-0.25, -0.2) is 9.67 Å². The molecule has 4 aromatic rings. The summed E-state index contributed by atoms with van der Waals surface area (Å²) >= 11 is 0. The molecule has 3 heterocycles. The first-order valence-electron chi connectivity index (χ1n) is 14.5. The molecule has 1 aliphatic rings. The van der Waals surface area contributed by atoms with Gasteiger partial charge >= 0.3 is 0 Å². The van der Waals surface area contributed by atoms with Gasteiger partial charge in [-0.2, -0.15) is 5.10 Å². The van der Waals surface area contributed by atoms with Crippen LogP contribution in [0.15, 0.2) is 77.0 Å². The molecule has 2 aromatic heterocycles. The molecule has 3 N–H and O–H groups in total. The highest BCUT2D eigenvalue weighted by molar-refractivity contribution is 6.03. The third kappa shape index (κ3) is 6.03. The number of benzene rings is 2. The second-order valence-corrected chi connectivity index (χ2v) is 10.8. The standard InChI is InChI=1S/C34H35N7O3/c1-5-18-36-32-30(31(35)38-39(32)4)33(43)37-22(2)28-21-26-11-9-10-25(15-14-24-16-19-40(20-17-24)23(3)42)29(26)34(44)41(28)27-12-7-6-8-13-27/h5-13,18,21-22,24H,1,16-17,19-20H2,2-4H3,(H2,35,38)(H,37,43)/b36-18-. The van der Waals surface area contributed by atoms with Crippen LogP contribution in [0.2, 0.25) is 0 Å². The lowest BCUT2D eigenvalue weighted by Gasteiger charge is -2.28. The van der Waals surface area contributed by atoms with E-state index in [0.29, 0.717) is 46.6 Å². The molecule has 0 bridgehead atoms. The maximum atomic E-state index is 14.3. The lowest BCUT2D eigenvalue weighted by molar-refractivity contribution is -0.129. The number of aryl methyl sites for hydroxylation is 1. The van der Waals surface area contributed by atoms with Crippen LogP contribution in [0, 0.1) is 17.8 Å². The number of allylic oxidation sites excluding steroid dienone is 1. The van der Waals surface area contributed by atoms with E-state index in [4.69, 9.17) is 5.73 Å². The van der Waals surface area contributed by atoms with E-state index < -0.39 is 11.9 Å². The number of aliphatic imine (C=N–C) groups is 1. The second kappa shape index (κ2) is 12.8. The Balaban J connectivity index is 1.55. The minimum absolute atomic E-state index is 0.0440. The molecule has 1 unspecified atom stereocenters. The summed E-state index contributed by atoms with van der Waals surface area (Å²) in [5, 5.41) is 8.37. The summed E-state index contributed by atoms with van der Waals surface area (Å²) in [6, 6.07) is 16.2. The zero-order valence-corrected chi connectivity index (χ0v) is 25.1. The summed E-state index contributed by atoms with van der Waals surface area (Å²) in [4.78, 5) is 45.6. The smallest absolute Gasteiger partial charge is 0.264 e. The maximum absolute atomic E-state index is 14.3. The van der Waals surface area contributed by atoms with Gasteiger partial charge in [0, 0.05) is 56.1 Å². The van der Waals surface area contributed by atoms with Crippen molar-refractivity contribution in [2.24, 2.45) is 18.0 Å². The van der Waals surface area contributed by atoms with Crippen LogP contribution >= 0.6 is 0 Å². The number of anilines is 1. The minimum Gasteiger partial charge on any atom is -0.381 e. The van der Waals surface area contributed by atoms with Crippen LogP contribution in [0.5, 0.6) is 0 Å². The average molecular weight is 590 g/mol. The largest absolute Gasteiger partial charge is 0.381 e. The molecule has 0 radical (unpaired) electrons. The van der Waals surface area contributed by atoms with Crippen LogP contribution in [-0.4, -0.2) is 50.4 Å². The minimum atomic E-state index is -0.600. The van der Waals surface area contributed by atoms with Gasteiger partial charge in [0.25, 0.3) is 11.5 Å². The molecule has 0 spiro atoms. The van der Waals surface area contributed by atoms with Crippen LogP contribution in [0.25, 0.3) is 16.5 Å². The van der Waals surface area contributed by atoms with Crippen molar-refractivity contribution in [2.75, 3.05) is 18.8 Å². The molecule has 1 atom stereocenters. The van der Waals surface area contributed by atoms with E-state index in [1.165, 1.54) is 17.0 Å². The summed E-state index contributed by atoms with van der Waals surface area (Å²) in [5.74, 6) is 6.72. The number of aromatic nitrogens is 3. The fourth-order valence-corrected chi connectivity index (χ4v) is 5.53. The Morgan fingerprint density at radius 2 is 1.89 bits per heavy atom. The first-order chi connectivity index (χ1) is 21.2. The molecule has 1 saturated heterocycles. The number of nitrogens with zero attached hydrogens (tertiary/aromatic N) is 5. The third-order valence-electron chi connectivity index (χ3n) is 7.81. The molecule has 10 heteroatoms. The van der Waals surface area contributed by atoms with Gasteiger partial charge in [0.1, 0.15) is 5.56 Å². The maximum Gasteiger partial charge on any atom is 0.264 e. The van der Waals surface area contributed by atoms with Gasteiger partial charge in [-0.1, -0.05) is 54.8 Å². The number of amides is 2. The summed E-state index contributed by atoms with van der Waals surface area (Å²) in [5.41, 5.74) is 7.88. The van der Waals surface area contributed by atoms with Crippen molar-refractivity contribution >= 4 is 40.4 Å². The predicted molar refractivity (Wildman–Crippen MR) is 173 cm³/mol. The van der Waals surface area contributed by atoms with Crippen LogP contribution in [0.4, 0.5) is 11.6 Å². The van der Waals surface area contributed by atoms with Gasteiger partial charge in [0.05, 0.1) is 11.4 Å². The Kier molecular flexibility index (Phi) is 8.76. The second-order valence-electron chi connectivity index (χ2n) is 10.8. The number of hydrogen-bond donors (Lipinski definition) is 2. The SMILES string of the molecule is C=C/C=N\c1c(C(=O)NC(C)c2cc3cccc(C#CC4CCN(C(C)=O)CC4)c3c(=O)n2-c2ccccc2)c(N)nn1C. The van der Waals surface area contributed by atoms with E-state index in [0.717, 1.165) is 12.8 Å². The number of carbonyl (C=O) groups excluding carboxylic acids is 2. The van der Waals surface area contributed by atoms with Gasteiger partial charge < -0.3 is 16.0 Å². The molecule has 1 aliphatic heterocycles. The molecular formula is C34H35N7O3. The zero-order chi connectivity index (χ0) is 31.4. The van der Waals surface area contributed by atoms with Crippen molar-refractivity contribution in [2.45, 2.75) is 32.7 Å². The van der Waals surface area contributed by atoms with E-state index >= 15 is 0 Å². The molecule has 2 amide bonds.